The average molecular weight is 602 g/mol. The third kappa shape index (κ3) is 3.64. The average Bonchev–Trinajstić information content (AvgIpc) is 3.51. The van der Waals surface area contributed by atoms with Gasteiger partial charge in [-0.2, -0.15) is 0 Å². The molecule has 2 aliphatic carbocycles. The minimum atomic E-state index is -0.867. The first-order valence-corrected chi connectivity index (χ1v) is 12.9. The molecule has 4 aromatic carbocycles. The van der Waals surface area contributed by atoms with Crippen LogP contribution in [0.25, 0.3) is 22.9 Å². The second kappa shape index (κ2) is 9.30. The third-order valence-corrected chi connectivity index (χ3v) is 7.69. The van der Waals surface area contributed by atoms with Gasteiger partial charge in [0.05, 0.1) is 32.1 Å². The number of anilines is 2. The van der Waals surface area contributed by atoms with Crippen LogP contribution in [0.4, 0.5) is 22.7 Å². The molecule has 5 aromatic rings. The first-order chi connectivity index (χ1) is 21.5. The summed E-state index contributed by atoms with van der Waals surface area (Å²) in [6, 6.07) is 12.8. The molecule has 15 nitrogen and oxygen atoms in total. The topological polar surface area (TPSA) is 246 Å². The van der Waals surface area contributed by atoms with E-state index in [4.69, 9.17) is 15.9 Å². The SMILES string of the molecule is Nc1ccc([N+](=O)[O-])c2c1C(=O)c1cccc(-c3nnc(-c4cccc5c4C(=O)c4c([N+](=O)[O-])ccc(N)c4C5=O)o3)c1C2=O. The zero-order valence-electron chi connectivity index (χ0n) is 22.4. The molecule has 45 heavy (non-hydrogen) atoms. The number of aromatic nitrogens is 2. The van der Waals surface area contributed by atoms with Crippen LogP contribution in [0.5, 0.6) is 0 Å². The fraction of sp³-hybridized carbons (Fsp3) is 0. The fourth-order valence-corrected chi connectivity index (χ4v) is 5.76. The minimum absolute atomic E-state index is 0.0343. The number of fused-ring (bicyclic) bond motifs is 4. The largest absolute Gasteiger partial charge is 0.416 e. The summed E-state index contributed by atoms with van der Waals surface area (Å²) in [5, 5.41) is 31.5. The normalized spacial score (nSPS) is 13.2. The molecule has 0 fully saturated rings. The summed E-state index contributed by atoms with van der Waals surface area (Å²) in [7, 11) is 0. The van der Waals surface area contributed by atoms with Gasteiger partial charge in [0.2, 0.25) is 23.3 Å². The highest BCUT2D eigenvalue weighted by atomic mass is 16.6. The molecule has 1 heterocycles. The number of nitrogen functional groups attached to an aromatic ring is 2. The number of hydrogen-bond acceptors (Lipinski definition) is 13. The Balaban J connectivity index is 1.38. The zero-order chi connectivity index (χ0) is 31.9. The summed E-state index contributed by atoms with van der Waals surface area (Å²) in [5.74, 6) is -3.76. The van der Waals surface area contributed by atoms with Crippen LogP contribution >= 0.6 is 0 Å². The summed E-state index contributed by atoms with van der Waals surface area (Å²) in [6.07, 6.45) is 0. The van der Waals surface area contributed by atoms with Crippen LogP contribution in [-0.2, 0) is 0 Å². The van der Waals surface area contributed by atoms with Crippen LogP contribution < -0.4 is 11.5 Å². The number of nitrogens with two attached hydrogens (primary N) is 2. The highest BCUT2D eigenvalue weighted by molar-refractivity contribution is 6.34. The Hall–Kier alpha value is -6.90. The highest BCUT2D eigenvalue weighted by Crippen LogP contribution is 2.42. The number of benzene rings is 4. The summed E-state index contributed by atoms with van der Waals surface area (Å²) < 4.78 is 5.87. The van der Waals surface area contributed by atoms with E-state index in [0.29, 0.717) is 0 Å². The molecule has 0 atom stereocenters. The van der Waals surface area contributed by atoms with Crippen LogP contribution in [0.15, 0.2) is 65.1 Å². The van der Waals surface area contributed by atoms with Gasteiger partial charge in [-0.3, -0.25) is 39.4 Å². The molecule has 0 unspecified atom stereocenters. The summed E-state index contributed by atoms with van der Waals surface area (Å²) in [4.78, 5) is 76.3. The van der Waals surface area contributed by atoms with Crippen molar-refractivity contribution in [2.24, 2.45) is 0 Å². The van der Waals surface area contributed by atoms with Crippen molar-refractivity contribution < 1.29 is 33.4 Å². The molecule has 4 N–H and O–H groups in total. The van der Waals surface area contributed by atoms with Gasteiger partial charge in [0, 0.05) is 45.8 Å². The molecular formula is C30H14N6O9. The van der Waals surface area contributed by atoms with E-state index in [1.54, 1.807) is 0 Å². The molecule has 1 aromatic heterocycles. The molecule has 0 radical (unpaired) electrons. The fourth-order valence-electron chi connectivity index (χ4n) is 5.76. The van der Waals surface area contributed by atoms with E-state index < -0.39 is 55.5 Å². The lowest BCUT2D eigenvalue weighted by atomic mass is 9.80. The molecule has 0 aliphatic heterocycles. The number of hydrogen-bond donors (Lipinski definition) is 2. The summed E-state index contributed by atoms with van der Waals surface area (Å²) in [6.45, 7) is 0. The van der Waals surface area contributed by atoms with Crippen molar-refractivity contribution in [2.75, 3.05) is 11.5 Å². The maximum Gasteiger partial charge on any atom is 0.281 e. The number of nitrogens with zero attached hydrogens (tertiary/aromatic N) is 4. The summed E-state index contributed by atoms with van der Waals surface area (Å²) >= 11 is 0. The second-order valence-electron chi connectivity index (χ2n) is 10.0. The highest BCUT2D eigenvalue weighted by Gasteiger charge is 2.41. The van der Waals surface area contributed by atoms with Crippen molar-refractivity contribution in [1.82, 2.24) is 10.2 Å². The maximum absolute atomic E-state index is 13.8. The molecule has 218 valence electrons. The Bertz CT molecular complexity index is 2130. The van der Waals surface area contributed by atoms with Crippen molar-refractivity contribution in [3.63, 3.8) is 0 Å². The predicted molar refractivity (Wildman–Crippen MR) is 154 cm³/mol. The Morgan fingerprint density at radius 1 is 0.511 bits per heavy atom. The Labute approximate surface area is 249 Å². The van der Waals surface area contributed by atoms with Crippen molar-refractivity contribution in [2.45, 2.75) is 0 Å². The number of nitro benzene ring substituents is 2. The van der Waals surface area contributed by atoms with Gasteiger partial charge in [0.25, 0.3) is 11.4 Å². The minimum Gasteiger partial charge on any atom is -0.416 e. The molecule has 0 bridgehead atoms. The smallest absolute Gasteiger partial charge is 0.281 e. The predicted octanol–water partition coefficient (Wildman–Crippen LogP) is 3.94. The van der Waals surface area contributed by atoms with Gasteiger partial charge in [0.15, 0.2) is 11.6 Å². The zero-order valence-corrected chi connectivity index (χ0v) is 22.4. The quantitative estimate of drug-likeness (QED) is 0.165. The molecular weight excluding hydrogens is 588 g/mol. The van der Waals surface area contributed by atoms with Gasteiger partial charge >= 0.3 is 0 Å². The van der Waals surface area contributed by atoms with Crippen molar-refractivity contribution in [1.29, 1.82) is 0 Å². The van der Waals surface area contributed by atoms with E-state index in [1.807, 2.05) is 0 Å². The van der Waals surface area contributed by atoms with E-state index in [1.165, 1.54) is 48.5 Å². The Morgan fingerprint density at radius 3 is 1.27 bits per heavy atom. The molecule has 0 saturated carbocycles. The second-order valence-corrected chi connectivity index (χ2v) is 10.0. The molecule has 0 amide bonds. The number of rotatable bonds is 4. The number of ketones is 4. The van der Waals surface area contributed by atoms with E-state index in [-0.39, 0.29) is 67.7 Å². The van der Waals surface area contributed by atoms with Gasteiger partial charge in [-0.15, -0.1) is 10.2 Å². The van der Waals surface area contributed by atoms with Crippen molar-refractivity contribution in [3.05, 3.63) is 125 Å². The molecule has 0 saturated heterocycles. The Kier molecular flexibility index (Phi) is 5.57. The number of carbonyl (C=O) groups excluding carboxylic acids is 4. The van der Waals surface area contributed by atoms with Crippen LogP contribution in [0.1, 0.15) is 63.7 Å². The van der Waals surface area contributed by atoms with Crippen LogP contribution in [-0.4, -0.2) is 43.2 Å². The van der Waals surface area contributed by atoms with Crippen LogP contribution in [0.3, 0.4) is 0 Å². The van der Waals surface area contributed by atoms with Crippen molar-refractivity contribution in [3.8, 4) is 22.9 Å². The van der Waals surface area contributed by atoms with E-state index in [2.05, 4.69) is 10.2 Å². The Morgan fingerprint density at radius 2 is 0.889 bits per heavy atom. The van der Waals surface area contributed by atoms with E-state index >= 15 is 0 Å². The first-order valence-electron chi connectivity index (χ1n) is 12.9. The van der Waals surface area contributed by atoms with Gasteiger partial charge in [0.1, 0.15) is 11.1 Å². The van der Waals surface area contributed by atoms with Crippen LogP contribution in [0.2, 0.25) is 0 Å². The van der Waals surface area contributed by atoms with Crippen molar-refractivity contribution >= 4 is 45.9 Å². The molecule has 2 aliphatic rings. The lowest BCUT2D eigenvalue weighted by Gasteiger charge is -2.20. The molecule has 7 rings (SSSR count). The maximum atomic E-state index is 13.8. The van der Waals surface area contributed by atoms with Crippen LogP contribution in [0, 0.1) is 20.2 Å². The summed E-state index contributed by atoms with van der Waals surface area (Å²) in [5.41, 5.74) is 8.16. The van der Waals surface area contributed by atoms with Gasteiger partial charge < -0.3 is 15.9 Å². The van der Waals surface area contributed by atoms with Gasteiger partial charge in [-0.1, -0.05) is 24.3 Å². The lowest BCUT2D eigenvalue weighted by Crippen LogP contribution is -2.24. The standard InChI is InChI=1S/C30H14N6O9/c31-15-7-9-17(35(41)42)23-21(15)25(37)11-3-1-5-13(19(11)27(23)39)29-33-34-30(45-29)14-6-2-4-12-20(14)28(40)24-18(36(43)44)10-8-16(32)22(24)26(12)38/h1-10H,31-32H2. The molecule has 0 spiro atoms. The molecule has 15 heteroatoms. The number of nitro groups is 2. The third-order valence-electron chi connectivity index (χ3n) is 7.69. The van der Waals surface area contributed by atoms with E-state index in [0.717, 1.165) is 12.1 Å². The van der Waals surface area contributed by atoms with Gasteiger partial charge in [-0.05, 0) is 24.3 Å². The van der Waals surface area contributed by atoms with Gasteiger partial charge in [-0.25, -0.2) is 0 Å². The lowest BCUT2D eigenvalue weighted by molar-refractivity contribution is -0.385. The monoisotopic (exact) mass is 602 g/mol. The first kappa shape index (κ1) is 27.0. The number of carbonyl (C=O) groups is 4. The van der Waals surface area contributed by atoms with E-state index in [9.17, 15) is 39.4 Å².